The highest BCUT2D eigenvalue weighted by molar-refractivity contribution is 7.99. The van der Waals surface area contributed by atoms with E-state index in [1.165, 1.54) is 40.4 Å². The van der Waals surface area contributed by atoms with Gasteiger partial charge in [0.25, 0.3) is 0 Å². The van der Waals surface area contributed by atoms with Gasteiger partial charge in [0.1, 0.15) is 5.75 Å². The third-order valence-corrected chi connectivity index (χ3v) is 6.16. The van der Waals surface area contributed by atoms with Crippen LogP contribution in [0.25, 0.3) is 0 Å². The van der Waals surface area contributed by atoms with Crippen molar-refractivity contribution in [2.24, 2.45) is 0 Å². The molecule has 0 aliphatic rings. The van der Waals surface area contributed by atoms with Gasteiger partial charge in [0, 0.05) is 10.6 Å². The van der Waals surface area contributed by atoms with Crippen molar-refractivity contribution in [3.63, 3.8) is 0 Å². The first kappa shape index (κ1) is 19.3. The minimum atomic E-state index is 0.812. The molecule has 1 nitrogen and oxygen atoms in total. The summed E-state index contributed by atoms with van der Waals surface area (Å²) in [6.07, 6.45) is 3.53. The third kappa shape index (κ3) is 7.23. The Morgan fingerprint density at radius 1 is 0.958 bits per heavy atom. The van der Waals surface area contributed by atoms with Gasteiger partial charge in [-0.3, -0.25) is 0 Å². The fraction of sp³-hybridized carbons (Fsp3) is 0.429. The number of thioether (sulfide) groups is 2. The molecule has 0 unspecified atom stereocenters. The predicted molar refractivity (Wildman–Crippen MR) is 110 cm³/mol. The van der Waals surface area contributed by atoms with Gasteiger partial charge in [0.2, 0.25) is 0 Å². The predicted octanol–water partition coefficient (Wildman–Crippen LogP) is 6.59. The molecule has 0 aliphatic carbocycles. The molecule has 0 saturated heterocycles. The molecule has 24 heavy (non-hydrogen) atoms. The number of hydrogen-bond donors (Lipinski definition) is 0. The first-order valence-corrected chi connectivity index (χ1v) is 10.9. The maximum Gasteiger partial charge on any atom is 0.120 e. The lowest BCUT2D eigenvalue weighted by atomic mass is 10.2. The van der Waals surface area contributed by atoms with E-state index in [1.54, 1.807) is 0 Å². The highest BCUT2D eigenvalue weighted by Gasteiger charge is 2.02. The topological polar surface area (TPSA) is 9.23 Å². The van der Waals surface area contributed by atoms with Gasteiger partial charge >= 0.3 is 0 Å². The standard InChI is InChI=1S/C21H28OS2/c1-3-14-24-21-16-20(12-11-18(21)2)22-13-7-8-15-23-17-19-9-5-4-6-10-19/h4-6,9-12,16H,3,7-8,13-15,17H2,1-2H3. The summed E-state index contributed by atoms with van der Waals surface area (Å²) in [5.74, 6) is 4.49. The molecule has 0 spiro atoms. The van der Waals surface area contributed by atoms with Gasteiger partial charge in [-0.15, -0.1) is 11.8 Å². The van der Waals surface area contributed by atoms with Crippen molar-refractivity contribution in [2.75, 3.05) is 18.1 Å². The number of hydrogen-bond acceptors (Lipinski definition) is 3. The molecule has 0 bridgehead atoms. The summed E-state index contributed by atoms with van der Waals surface area (Å²) < 4.78 is 5.92. The Hall–Kier alpha value is -1.06. The van der Waals surface area contributed by atoms with Crippen LogP contribution >= 0.6 is 23.5 Å². The van der Waals surface area contributed by atoms with Crippen molar-refractivity contribution in [3.05, 3.63) is 59.7 Å². The second kappa shape index (κ2) is 11.5. The summed E-state index contributed by atoms with van der Waals surface area (Å²) in [5.41, 5.74) is 2.76. The Labute approximate surface area is 155 Å². The van der Waals surface area contributed by atoms with Gasteiger partial charge < -0.3 is 4.74 Å². The van der Waals surface area contributed by atoms with Crippen LogP contribution in [-0.2, 0) is 5.75 Å². The van der Waals surface area contributed by atoms with Crippen LogP contribution < -0.4 is 4.74 Å². The fourth-order valence-corrected chi connectivity index (χ4v) is 4.20. The van der Waals surface area contributed by atoms with Crippen molar-refractivity contribution < 1.29 is 4.74 Å². The zero-order chi connectivity index (χ0) is 17.0. The monoisotopic (exact) mass is 360 g/mol. The molecule has 3 heteroatoms. The minimum absolute atomic E-state index is 0.812. The molecule has 0 heterocycles. The Kier molecular flexibility index (Phi) is 9.22. The van der Waals surface area contributed by atoms with Gasteiger partial charge in [-0.2, -0.15) is 11.8 Å². The van der Waals surface area contributed by atoms with E-state index in [0.29, 0.717) is 0 Å². The highest BCUT2D eigenvalue weighted by Crippen LogP contribution is 2.27. The number of aryl methyl sites for hydroxylation is 1. The molecule has 0 aromatic heterocycles. The smallest absolute Gasteiger partial charge is 0.120 e. The van der Waals surface area contributed by atoms with Crippen molar-refractivity contribution >= 4 is 23.5 Å². The largest absolute Gasteiger partial charge is 0.494 e. The van der Waals surface area contributed by atoms with E-state index in [2.05, 4.69) is 62.4 Å². The Morgan fingerprint density at radius 3 is 2.58 bits per heavy atom. The van der Waals surface area contributed by atoms with Gasteiger partial charge in [-0.05, 0) is 61.0 Å². The Morgan fingerprint density at radius 2 is 1.79 bits per heavy atom. The van der Waals surface area contributed by atoms with Crippen LogP contribution in [0.3, 0.4) is 0 Å². The van der Waals surface area contributed by atoms with Crippen molar-refractivity contribution in [3.8, 4) is 5.75 Å². The Bertz CT molecular complexity index is 584. The summed E-state index contributed by atoms with van der Waals surface area (Å²) in [6, 6.07) is 17.1. The average Bonchev–Trinajstić information content (AvgIpc) is 2.62. The van der Waals surface area contributed by atoms with E-state index in [4.69, 9.17) is 4.74 Å². The maximum atomic E-state index is 5.92. The summed E-state index contributed by atoms with van der Waals surface area (Å²) >= 11 is 3.93. The van der Waals surface area contributed by atoms with Crippen LogP contribution in [0.2, 0.25) is 0 Å². The zero-order valence-corrected chi connectivity index (χ0v) is 16.4. The summed E-state index contributed by atoms with van der Waals surface area (Å²) in [4.78, 5) is 1.35. The summed E-state index contributed by atoms with van der Waals surface area (Å²) in [6.45, 7) is 5.21. The van der Waals surface area contributed by atoms with Crippen LogP contribution in [0.1, 0.15) is 37.3 Å². The SMILES string of the molecule is CCCSc1cc(OCCCCSCc2ccccc2)ccc1C. The van der Waals surface area contributed by atoms with Crippen molar-refractivity contribution in [1.82, 2.24) is 0 Å². The molecular weight excluding hydrogens is 332 g/mol. The maximum absolute atomic E-state index is 5.92. The molecule has 0 N–H and O–H groups in total. The van der Waals surface area contributed by atoms with E-state index in [0.717, 1.165) is 24.5 Å². The average molecular weight is 361 g/mol. The third-order valence-electron chi connectivity index (χ3n) is 3.68. The molecule has 0 amide bonds. The van der Waals surface area contributed by atoms with Crippen LogP contribution in [0.15, 0.2) is 53.4 Å². The Balaban J connectivity index is 1.60. The van der Waals surface area contributed by atoms with E-state index >= 15 is 0 Å². The molecule has 130 valence electrons. The number of ether oxygens (including phenoxy) is 1. The minimum Gasteiger partial charge on any atom is -0.494 e. The lowest BCUT2D eigenvalue weighted by Crippen LogP contribution is -1.98. The van der Waals surface area contributed by atoms with Crippen LogP contribution in [0, 0.1) is 6.92 Å². The zero-order valence-electron chi connectivity index (χ0n) is 14.8. The second-order valence-electron chi connectivity index (χ2n) is 5.87. The molecule has 2 aromatic rings. The van der Waals surface area contributed by atoms with Gasteiger partial charge in [0.15, 0.2) is 0 Å². The first-order valence-electron chi connectivity index (χ1n) is 8.77. The van der Waals surface area contributed by atoms with Crippen LogP contribution in [0.5, 0.6) is 5.75 Å². The highest BCUT2D eigenvalue weighted by atomic mass is 32.2. The molecule has 2 rings (SSSR count). The molecule has 0 atom stereocenters. The molecule has 0 aliphatic heterocycles. The molecular formula is C21H28OS2. The normalized spacial score (nSPS) is 10.8. The summed E-state index contributed by atoms with van der Waals surface area (Å²) in [7, 11) is 0. The molecule has 2 aromatic carbocycles. The van der Waals surface area contributed by atoms with E-state index in [9.17, 15) is 0 Å². The van der Waals surface area contributed by atoms with Crippen LogP contribution in [0.4, 0.5) is 0 Å². The second-order valence-corrected chi connectivity index (χ2v) is 8.11. The number of rotatable bonds is 11. The number of benzene rings is 2. The lowest BCUT2D eigenvalue weighted by molar-refractivity contribution is 0.309. The lowest BCUT2D eigenvalue weighted by Gasteiger charge is -2.10. The fourth-order valence-electron chi connectivity index (χ4n) is 2.30. The van der Waals surface area contributed by atoms with Crippen molar-refractivity contribution in [2.45, 2.75) is 43.8 Å². The van der Waals surface area contributed by atoms with Gasteiger partial charge in [-0.1, -0.05) is 43.3 Å². The first-order chi connectivity index (χ1) is 11.8. The molecule has 0 radical (unpaired) electrons. The summed E-state index contributed by atoms with van der Waals surface area (Å²) in [5, 5.41) is 0. The van der Waals surface area contributed by atoms with Crippen LogP contribution in [-0.4, -0.2) is 18.1 Å². The molecule has 0 saturated carbocycles. The van der Waals surface area contributed by atoms with E-state index in [1.807, 2.05) is 23.5 Å². The van der Waals surface area contributed by atoms with Crippen molar-refractivity contribution in [1.29, 1.82) is 0 Å². The quantitative estimate of drug-likeness (QED) is 0.330. The van der Waals surface area contributed by atoms with E-state index in [-0.39, 0.29) is 0 Å². The van der Waals surface area contributed by atoms with E-state index < -0.39 is 0 Å². The molecule has 0 fully saturated rings. The van der Waals surface area contributed by atoms with Gasteiger partial charge in [0.05, 0.1) is 6.61 Å². The number of unbranched alkanes of at least 4 members (excludes halogenated alkanes) is 1. The van der Waals surface area contributed by atoms with Gasteiger partial charge in [-0.25, -0.2) is 0 Å².